The van der Waals surface area contributed by atoms with Crippen LogP contribution in [-0.2, 0) is 26.4 Å². The van der Waals surface area contributed by atoms with Gasteiger partial charge in [-0.1, -0.05) is 41.9 Å². The van der Waals surface area contributed by atoms with Gasteiger partial charge in [0.05, 0.1) is 5.52 Å². The Morgan fingerprint density at radius 3 is 2.62 bits per heavy atom. The zero-order valence-electron chi connectivity index (χ0n) is 18.4. The first-order valence-electron chi connectivity index (χ1n) is 11.1. The molecule has 0 fully saturated rings. The maximum atomic E-state index is 12.9. The smallest absolute Gasteiger partial charge is 0.251 e. The number of benzene rings is 3. The van der Waals surface area contributed by atoms with Crippen LogP contribution >= 0.6 is 34.2 Å². The van der Waals surface area contributed by atoms with Crippen molar-refractivity contribution in [2.45, 2.75) is 19.4 Å². The topological polar surface area (TPSA) is 52.7 Å². The van der Waals surface area contributed by atoms with E-state index in [9.17, 15) is 4.79 Å². The van der Waals surface area contributed by atoms with Crippen LogP contribution in [0.1, 0.15) is 17.0 Å². The minimum atomic E-state index is 0.0319. The van der Waals surface area contributed by atoms with E-state index in [0.717, 1.165) is 51.2 Å². The van der Waals surface area contributed by atoms with E-state index in [2.05, 4.69) is 73.8 Å². The van der Waals surface area contributed by atoms with E-state index in [0.29, 0.717) is 18.0 Å². The summed E-state index contributed by atoms with van der Waals surface area (Å²) in [5, 5.41) is 10.7. The van der Waals surface area contributed by atoms with Gasteiger partial charge in [0.15, 0.2) is 5.82 Å². The molecule has 3 aromatic carbocycles. The molecule has 1 aliphatic rings. The summed E-state index contributed by atoms with van der Waals surface area (Å²) in [7, 11) is 2.01. The first-order chi connectivity index (χ1) is 16.5. The van der Waals surface area contributed by atoms with Crippen molar-refractivity contribution in [3.63, 3.8) is 0 Å². The van der Waals surface area contributed by atoms with E-state index >= 15 is 0 Å². The lowest BCUT2D eigenvalue weighted by Crippen LogP contribution is -2.17. The van der Waals surface area contributed by atoms with Crippen LogP contribution in [0.4, 0.5) is 0 Å². The summed E-state index contributed by atoms with van der Waals surface area (Å²) < 4.78 is 5.14. The SMILES string of the molecule is Cn1c(Cc2cc3c4c(c2)c(-c2cccc(Cl)c2)cc(=O)n4CC3)nnc1-c1ccc(I)cc1. The van der Waals surface area contributed by atoms with Gasteiger partial charge in [-0.2, -0.15) is 0 Å². The van der Waals surface area contributed by atoms with Crippen LogP contribution in [0.2, 0.25) is 5.02 Å². The highest BCUT2D eigenvalue weighted by atomic mass is 127. The zero-order chi connectivity index (χ0) is 23.4. The summed E-state index contributed by atoms with van der Waals surface area (Å²) >= 11 is 8.58. The summed E-state index contributed by atoms with van der Waals surface area (Å²) in [6.07, 6.45) is 1.51. The van der Waals surface area contributed by atoms with Gasteiger partial charge in [0.1, 0.15) is 5.82 Å². The van der Waals surface area contributed by atoms with Gasteiger partial charge in [-0.05, 0) is 81.6 Å². The highest BCUT2D eigenvalue weighted by Crippen LogP contribution is 2.34. The molecule has 0 saturated carbocycles. The van der Waals surface area contributed by atoms with Crippen LogP contribution in [0.15, 0.2) is 71.5 Å². The number of halogens is 2. The molecule has 5 aromatic rings. The number of aryl methyl sites for hydroxylation is 2. The molecule has 168 valence electrons. The lowest BCUT2D eigenvalue weighted by atomic mass is 9.96. The molecule has 7 heteroatoms. The average Bonchev–Trinajstić information content (AvgIpc) is 3.41. The molecular weight excluding hydrogens is 559 g/mol. The van der Waals surface area contributed by atoms with Crippen LogP contribution in [0.3, 0.4) is 0 Å². The monoisotopic (exact) mass is 578 g/mol. The number of aromatic nitrogens is 4. The van der Waals surface area contributed by atoms with E-state index in [1.54, 1.807) is 6.07 Å². The van der Waals surface area contributed by atoms with Gasteiger partial charge in [-0.15, -0.1) is 10.2 Å². The molecule has 0 radical (unpaired) electrons. The molecular formula is C27H20ClIN4O. The van der Waals surface area contributed by atoms with Gasteiger partial charge in [-0.25, -0.2) is 0 Å². The fourth-order valence-corrected chi connectivity index (χ4v) is 5.41. The van der Waals surface area contributed by atoms with Gasteiger partial charge < -0.3 is 9.13 Å². The Kier molecular flexibility index (Phi) is 5.30. The second-order valence-corrected chi connectivity index (χ2v) is 10.3. The molecule has 3 heterocycles. The Labute approximate surface area is 215 Å². The predicted molar refractivity (Wildman–Crippen MR) is 144 cm³/mol. The largest absolute Gasteiger partial charge is 0.314 e. The molecule has 0 bridgehead atoms. The first-order valence-corrected chi connectivity index (χ1v) is 12.5. The molecule has 0 aliphatic carbocycles. The number of rotatable bonds is 4. The Morgan fingerprint density at radius 2 is 1.82 bits per heavy atom. The molecule has 0 amide bonds. The van der Waals surface area contributed by atoms with Crippen molar-refractivity contribution in [2.24, 2.45) is 7.05 Å². The number of pyridine rings is 1. The third-order valence-corrected chi connectivity index (χ3v) is 7.47. The molecule has 0 unspecified atom stereocenters. The van der Waals surface area contributed by atoms with Crippen molar-refractivity contribution in [1.82, 2.24) is 19.3 Å². The zero-order valence-corrected chi connectivity index (χ0v) is 21.3. The quantitative estimate of drug-likeness (QED) is 0.251. The summed E-state index contributed by atoms with van der Waals surface area (Å²) in [4.78, 5) is 12.9. The van der Waals surface area contributed by atoms with Gasteiger partial charge in [0, 0.05) is 45.6 Å². The lowest BCUT2D eigenvalue weighted by Gasteiger charge is -2.13. The van der Waals surface area contributed by atoms with Crippen molar-refractivity contribution >= 4 is 45.1 Å². The molecule has 0 spiro atoms. The van der Waals surface area contributed by atoms with Crippen molar-refractivity contribution in [3.05, 3.63) is 103 Å². The van der Waals surface area contributed by atoms with Gasteiger partial charge in [-0.3, -0.25) is 4.79 Å². The van der Waals surface area contributed by atoms with E-state index in [4.69, 9.17) is 11.6 Å². The van der Waals surface area contributed by atoms with Crippen LogP contribution in [0.25, 0.3) is 33.4 Å². The predicted octanol–water partition coefficient (Wildman–Crippen LogP) is 5.87. The minimum Gasteiger partial charge on any atom is -0.314 e. The first kappa shape index (κ1) is 21.6. The molecule has 34 heavy (non-hydrogen) atoms. The standard InChI is InChI=1S/C27H20ClIN4O/c1-32-24(30-31-27(32)17-5-7-21(29)8-6-17)13-16-11-19-9-10-33-25(34)15-22(23(12-16)26(19)33)18-3-2-4-20(28)14-18/h2-8,11-12,14-15H,9-10,13H2,1H3. The number of hydrogen-bond acceptors (Lipinski definition) is 3. The van der Waals surface area contributed by atoms with E-state index in [1.165, 1.54) is 9.13 Å². The second-order valence-electron chi connectivity index (χ2n) is 8.64. The van der Waals surface area contributed by atoms with Gasteiger partial charge >= 0.3 is 0 Å². The summed E-state index contributed by atoms with van der Waals surface area (Å²) in [6, 6.07) is 22.1. The Morgan fingerprint density at radius 1 is 1.00 bits per heavy atom. The molecule has 0 N–H and O–H groups in total. The molecule has 0 saturated heterocycles. The van der Waals surface area contributed by atoms with E-state index in [1.807, 2.05) is 35.9 Å². The fourth-order valence-electron chi connectivity index (χ4n) is 4.86. The second kappa shape index (κ2) is 8.36. The van der Waals surface area contributed by atoms with Crippen LogP contribution in [0, 0.1) is 3.57 Å². The van der Waals surface area contributed by atoms with Crippen molar-refractivity contribution in [1.29, 1.82) is 0 Å². The highest BCUT2D eigenvalue weighted by Gasteiger charge is 2.21. The Bertz CT molecular complexity index is 1640. The lowest BCUT2D eigenvalue weighted by molar-refractivity contribution is 0.742. The van der Waals surface area contributed by atoms with Crippen LogP contribution < -0.4 is 5.56 Å². The van der Waals surface area contributed by atoms with Gasteiger partial charge in [0.25, 0.3) is 5.56 Å². The van der Waals surface area contributed by atoms with Crippen molar-refractivity contribution in [3.8, 4) is 22.5 Å². The third kappa shape index (κ3) is 3.65. The molecule has 0 atom stereocenters. The van der Waals surface area contributed by atoms with Crippen molar-refractivity contribution < 1.29 is 0 Å². The van der Waals surface area contributed by atoms with Crippen LogP contribution in [-0.4, -0.2) is 19.3 Å². The fraction of sp³-hybridized carbons (Fsp3) is 0.148. The maximum absolute atomic E-state index is 12.9. The maximum Gasteiger partial charge on any atom is 0.251 e. The number of hydrogen-bond donors (Lipinski definition) is 0. The molecule has 5 nitrogen and oxygen atoms in total. The molecule has 2 aromatic heterocycles. The summed E-state index contributed by atoms with van der Waals surface area (Å²) in [5.74, 6) is 1.75. The number of nitrogens with zero attached hydrogens (tertiary/aromatic N) is 4. The normalized spacial score (nSPS) is 12.6. The third-order valence-electron chi connectivity index (χ3n) is 6.51. The highest BCUT2D eigenvalue weighted by molar-refractivity contribution is 14.1. The van der Waals surface area contributed by atoms with E-state index < -0.39 is 0 Å². The van der Waals surface area contributed by atoms with Crippen LogP contribution in [0.5, 0.6) is 0 Å². The van der Waals surface area contributed by atoms with E-state index in [-0.39, 0.29) is 5.56 Å². The molecule has 6 rings (SSSR count). The average molecular weight is 579 g/mol. The summed E-state index contributed by atoms with van der Waals surface area (Å²) in [5.41, 5.74) is 6.34. The Hall–Kier alpha value is -2.97. The molecule has 1 aliphatic heterocycles. The van der Waals surface area contributed by atoms with Gasteiger partial charge in [0.2, 0.25) is 0 Å². The van der Waals surface area contributed by atoms with Crippen molar-refractivity contribution in [2.75, 3.05) is 0 Å². The Balaban J connectivity index is 1.46. The summed E-state index contributed by atoms with van der Waals surface area (Å²) in [6.45, 7) is 0.713. The minimum absolute atomic E-state index is 0.0319.